The molecule has 4 nitrogen and oxygen atoms in total. The number of aryl methyl sites for hydroxylation is 1. The van der Waals surface area contributed by atoms with Crippen LogP contribution in [0.15, 0.2) is 46.9 Å². The van der Waals surface area contributed by atoms with Crippen LogP contribution in [0.25, 0.3) is 0 Å². The highest BCUT2D eigenvalue weighted by atomic mass is 79.9. The minimum absolute atomic E-state index is 0.0976. The molecule has 0 aliphatic heterocycles. The second kappa shape index (κ2) is 6.15. The number of non-ortho nitro benzene ring substituents is 1. The zero-order valence-corrected chi connectivity index (χ0v) is 12.6. The van der Waals surface area contributed by atoms with E-state index < -0.39 is 4.92 Å². The topological polar surface area (TPSA) is 69.2 Å². The Kier molecular flexibility index (Phi) is 4.52. The minimum atomic E-state index is -0.402. The van der Waals surface area contributed by atoms with Crippen molar-refractivity contribution in [1.82, 2.24) is 0 Å². The molecule has 104 valence electrons. The van der Waals surface area contributed by atoms with Gasteiger partial charge in [-0.05, 0) is 36.1 Å². The van der Waals surface area contributed by atoms with Gasteiger partial charge in [-0.1, -0.05) is 40.2 Å². The van der Waals surface area contributed by atoms with Crippen LogP contribution in [-0.4, -0.2) is 4.92 Å². The van der Waals surface area contributed by atoms with Crippen LogP contribution in [0.4, 0.5) is 5.69 Å². The molecule has 2 aromatic rings. The number of nitrogens with zero attached hydrogens (tertiary/aromatic N) is 1. The summed E-state index contributed by atoms with van der Waals surface area (Å²) in [6, 6.07) is 12.4. The van der Waals surface area contributed by atoms with E-state index in [1.807, 2.05) is 25.1 Å². The smallest absolute Gasteiger partial charge is 0.269 e. The number of hydrogen-bond acceptors (Lipinski definition) is 3. The van der Waals surface area contributed by atoms with Gasteiger partial charge in [0.05, 0.1) is 4.92 Å². The molecule has 0 aliphatic rings. The Bertz CT molecular complexity index is 626. The highest BCUT2D eigenvalue weighted by Gasteiger charge is 2.10. The molecule has 0 saturated carbocycles. The molecule has 20 heavy (non-hydrogen) atoms. The Morgan fingerprint density at radius 2 is 1.90 bits per heavy atom. The Balaban J connectivity index is 2.12. The van der Waals surface area contributed by atoms with Gasteiger partial charge in [-0.15, -0.1) is 0 Å². The molecule has 0 amide bonds. The van der Waals surface area contributed by atoms with Crippen molar-refractivity contribution in [3.63, 3.8) is 0 Å². The van der Waals surface area contributed by atoms with E-state index in [1.54, 1.807) is 12.1 Å². The lowest BCUT2D eigenvalue weighted by Crippen LogP contribution is -2.13. The zero-order valence-electron chi connectivity index (χ0n) is 11.0. The molecule has 1 atom stereocenters. The maximum absolute atomic E-state index is 10.6. The summed E-state index contributed by atoms with van der Waals surface area (Å²) in [5.74, 6) is 0. The van der Waals surface area contributed by atoms with Crippen molar-refractivity contribution in [1.29, 1.82) is 0 Å². The SMILES string of the molecule is Cc1ccc(C(N)Cc2ccc([N+](=O)[O-])cc2)cc1Br. The molecule has 2 N–H and O–H groups in total. The number of halogens is 1. The van der Waals surface area contributed by atoms with Crippen LogP contribution in [-0.2, 0) is 6.42 Å². The first-order chi connectivity index (χ1) is 9.47. The average molecular weight is 335 g/mol. The first kappa shape index (κ1) is 14.7. The standard InChI is InChI=1S/C15H15BrN2O2/c1-10-2-5-12(9-14(10)16)15(17)8-11-3-6-13(7-4-11)18(19)20/h2-7,9,15H,8,17H2,1H3. The van der Waals surface area contributed by atoms with Gasteiger partial charge in [0, 0.05) is 22.6 Å². The van der Waals surface area contributed by atoms with E-state index in [1.165, 1.54) is 12.1 Å². The summed E-state index contributed by atoms with van der Waals surface area (Å²) in [4.78, 5) is 10.2. The van der Waals surface area contributed by atoms with Gasteiger partial charge in [0.1, 0.15) is 0 Å². The number of nitrogens with two attached hydrogens (primary N) is 1. The number of hydrogen-bond donors (Lipinski definition) is 1. The highest BCUT2D eigenvalue weighted by molar-refractivity contribution is 9.10. The predicted molar refractivity (Wildman–Crippen MR) is 82.6 cm³/mol. The van der Waals surface area contributed by atoms with Gasteiger partial charge in [0.2, 0.25) is 0 Å². The molecule has 2 rings (SSSR count). The first-order valence-electron chi connectivity index (χ1n) is 6.22. The van der Waals surface area contributed by atoms with Crippen molar-refractivity contribution in [2.75, 3.05) is 0 Å². The summed E-state index contributed by atoms with van der Waals surface area (Å²) >= 11 is 3.49. The lowest BCUT2D eigenvalue weighted by molar-refractivity contribution is -0.384. The second-order valence-corrected chi connectivity index (χ2v) is 5.60. The lowest BCUT2D eigenvalue weighted by atomic mass is 9.99. The first-order valence-corrected chi connectivity index (χ1v) is 7.01. The van der Waals surface area contributed by atoms with Crippen molar-refractivity contribution < 1.29 is 4.92 Å². The summed E-state index contributed by atoms with van der Waals surface area (Å²) in [5.41, 5.74) is 9.48. The largest absolute Gasteiger partial charge is 0.324 e. The summed E-state index contributed by atoms with van der Waals surface area (Å²) in [7, 11) is 0. The predicted octanol–water partition coefficient (Wildman–Crippen LogP) is 3.91. The molecule has 0 spiro atoms. The maximum Gasteiger partial charge on any atom is 0.269 e. The van der Waals surface area contributed by atoms with Gasteiger partial charge in [0.25, 0.3) is 5.69 Å². The molecular formula is C15H15BrN2O2. The minimum Gasteiger partial charge on any atom is -0.324 e. The molecule has 0 radical (unpaired) electrons. The van der Waals surface area contributed by atoms with Crippen LogP contribution in [0, 0.1) is 17.0 Å². The van der Waals surface area contributed by atoms with Crippen molar-refractivity contribution in [2.24, 2.45) is 5.73 Å². The van der Waals surface area contributed by atoms with E-state index in [0.29, 0.717) is 6.42 Å². The van der Waals surface area contributed by atoms with Gasteiger partial charge in [-0.25, -0.2) is 0 Å². The van der Waals surface area contributed by atoms with Crippen molar-refractivity contribution in [3.05, 3.63) is 73.7 Å². The van der Waals surface area contributed by atoms with Crippen molar-refractivity contribution in [2.45, 2.75) is 19.4 Å². The molecular weight excluding hydrogens is 320 g/mol. The molecule has 2 aromatic carbocycles. The van der Waals surface area contributed by atoms with Gasteiger partial charge < -0.3 is 5.73 Å². The molecule has 0 fully saturated rings. The maximum atomic E-state index is 10.6. The van der Waals surface area contributed by atoms with Gasteiger partial charge in [0.15, 0.2) is 0 Å². The highest BCUT2D eigenvalue weighted by Crippen LogP contribution is 2.23. The molecule has 5 heteroatoms. The molecule has 0 saturated heterocycles. The van der Waals surface area contributed by atoms with Gasteiger partial charge >= 0.3 is 0 Å². The number of benzene rings is 2. The number of rotatable bonds is 4. The molecule has 0 aliphatic carbocycles. The van der Waals surface area contributed by atoms with Crippen molar-refractivity contribution in [3.8, 4) is 0 Å². The molecule has 1 unspecified atom stereocenters. The van der Waals surface area contributed by atoms with E-state index >= 15 is 0 Å². The van der Waals surface area contributed by atoms with Gasteiger partial charge in [-0.2, -0.15) is 0 Å². The third kappa shape index (κ3) is 3.43. The second-order valence-electron chi connectivity index (χ2n) is 4.74. The van der Waals surface area contributed by atoms with E-state index in [-0.39, 0.29) is 11.7 Å². The monoisotopic (exact) mass is 334 g/mol. The van der Waals surface area contributed by atoms with E-state index in [9.17, 15) is 10.1 Å². The quantitative estimate of drug-likeness (QED) is 0.680. The fourth-order valence-corrected chi connectivity index (χ4v) is 2.36. The van der Waals surface area contributed by atoms with E-state index in [2.05, 4.69) is 15.9 Å². The fraction of sp³-hybridized carbons (Fsp3) is 0.200. The van der Waals surface area contributed by atoms with Crippen LogP contribution in [0.3, 0.4) is 0 Å². The van der Waals surface area contributed by atoms with E-state index in [0.717, 1.165) is 21.2 Å². The van der Waals surface area contributed by atoms with Gasteiger partial charge in [-0.3, -0.25) is 10.1 Å². The Morgan fingerprint density at radius 3 is 2.45 bits per heavy atom. The summed E-state index contributed by atoms with van der Waals surface area (Å²) in [5, 5.41) is 10.6. The summed E-state index contributed by atoms with van der Waals surface area (Å²) < 4.78 is 1.04. The molecule has 0 bridgehead atoms. The molecule has 0 aromatic heterocycles. The van der Waals surface area contributed by atoms with Crippen molar-refractivity contribution >= 4 is 21.6 Å². The van der Waals surface area contributed by atoms with Crippen LogP contribution >= 0.6 is 15.9 Å². The third-order valence-electron chi connectivity index (χ3n) is 3.23. The van der Waals surface area contributed by atoms with Crippen LogP contribution in [0.2, 0.25) is 0 Å². The van der Waals surface area contributed by atoms with Crippen LogP contribution in [0.5, 0.6) is 0 Å². The number of nitro benzene ring substituents is 1. The number of nitro groups is 1. The Labute approximate surface area is 125 Å². The third-order valence-corrected chi connectivity index (χ3v) is 4.08. The lowest BCUT2D eigenvalue weighted by Gasteiger charge is -2.13. The fourth-order valence-electron chi connectivity index (χ4n) is 1.97. The van der Waals surface area contributed by atoms with E-state index in [4.69, 9.17) is 5.73 Å². The zero-order chi connectivity index (χ0) is 14.7. The average Bonchev–Trinajstić information content (AvgIpc) is 2.42. The van der Waals surface area contributed by atoms with Crippen LogP contribution in [0.1, 0.15) is 22.7 Å². The summed E-state index contributed by atoms with van der Waals surface area (Å²) in [6.45, 7) is 2.02. The summed E-state index contributed by atoms with van der Waals surface area (Å²) in [6.07, 6.45) is 0.646. The molecule has 0 heterocycles. The normalized spacial score (nSPS) is 12.2. The van der Waals surface area contributed by atoms with Crippen LogP contribution < -0.4 is 5.73 Å². The Morgan fingerprint density at radius 1 is 1.25 bits per heavy atom. The Hall–Kier alpha value is -1.72.